The Balaban J connectivity index is 2.71. The van der Waals surface area contributed by atoms with Crippen LogP contribution in [0.25, 0.3) is 10.1 Å². The van der Waals surface area contributed by atoms with E-state index in [1.54, 1.807) is 12.1 Å². The van der Waals surface area contributed by atoms with Crippen molar-refractivity contribution >= 4 is 39.0 Å². The van der Waals surface area contributed by atoms with Gasteiger partial charge in [0.15, 0.2) is 0 Å². The number of benzene rings is 1. The van der Waals surface area contributed by atoms with Gasteiger partial charge in [-0.25, -0.2) is 0 Å². The highest BCUT2D eigenvalue weighted by molar-refractivity contribution is 7.22. The van der Waals surface area contributed by atoms with E-state index in [0.29, 0.717) is 5.46 Å². The van der Waals surface area contributed by atoms with Gasteiger partial charge < -0.3 is 15.8 Å². The lowest BCUT2D eigenvalue weighted by atomic mass is 9.79. The largest absolute Gasteiger partial charge is 0.488 e. The molecule has 0 aliphatic carbocycles. The first-order valence-corrected chi connectivity index (χ1v) is 5.05. The van der Waals surface area contributed by atoms with Crippen LogP contribution in [0.5, 0.6) is 0 Å². The van der Waals surface area contributed by atoms with E-state index in [2.05, 4.69) is 0 Å². The Morgan fingerprint density at radius 3 is 2.64 bits per heavy atom. The fourth-order valence-corrected chi connectivity index (χ4v) is 2.47. The summed E-state index contributed by atoms with van der Waals surface area (Å²) in [5, 5.41) is 19.9. The van der Waals surface area contributed by atoms with Gasteiger partial charge in [-0.1, -0.05) is 6.07 Å². The Kier molecular flexibility index (Phi) is 2.22. The predicted octanol–water partition coefficient (Wildman–Crippen LogP) is 0.472. The minimum atomic E-state index is -1.42. The summed E-state index contributed by atoms with van der Waals surface area (Å²) in [5.41, 5.74) is 7.20. The molecule has 0 atom stereocenters. The Labute approximate surface area is 85.9 Å². The maximum Gasteiger partial charge on any atom is 0.488 e. The molecule has 3 nitrogen and oxygen atoms in total. The molecular weight excluding hydrogens is 197 g/mol. The third-order valence-corrected chi connectivity index (χ3v) is 3.10. The number of nitrogen functional groups attached to an aromatic ring is 1. The lowest BCUT2D eigenvalue weighted by molar-refractivity contribution is 0.426. The van der Waals surface area contributed by atoms with Crippen LogP contribution in [-0.2, 0) is 0 Å². The van der Waals surface area contributed by atoms with Crippen LogP contribution in [0.15, 0.2) is 18.2 Å². The van der Waals surface area contributed by atoms with Gasteiger partial charge in [0.25, 0.3) is 0 Å². The predicted molar refractivity (Wildman–Crippen MR) is 60.8 cm³/mol. The summed E-state index contributed by atoms with van der Waals surface area (Å²) in [6.07, 6.45) is 0. The van der Waals surface area contributed by atoms with Gasteiger partial charge in [0.1, 0.15) is 0 Å². The molecule has 1 aromatic carbocycles. The van der Waals surface area contributed by atoms with Gasteiger partial charge in [0.05, 0.1) is 5.00 Å². The fraction of sp³-hybridized carbons (Fsp3) is 0.111. The maximum atomic E-state index is 9.04. The number of anilines is 1. The van der Waals surface area contributed by atoms with Crippen LogP contribution in [0.1, 0.15) is 5.56 Å². The van der Waals surface area contributed by atoms with Crippen molar-refractivity contribution in [2.45, 2.75) is 6.92 Å². The Morgan fingerprint density at radius 2 is 2.00 bits per heavy atom. The molecule has 2 aromatic rings. The Bertz CT molecular complexity index is 481. The Morgan fingerprint density at radius 1 is 1.29 bits per heavy atom. The number of rotatable bonds is 1. The number of hydrogen-bond acceptors (Lipinski definition) is 4. The first kappa shape index (κ1) is 9.52. The van der Waals surface area contributed by atoms with Gasteiger partial charge in [-0.2, -0.15) is 0 Å². The molecule has 0 radical (unpaired) electrons. The molecule has 0 spiro atoms. The molecule has 1 aromatic heterocycles. The molecule has 4 N–H and O–H groups in total. The van der Waals surface area contributed by atoms with Crippen molar-refractivity contribution in [3.05, 3.63) is 23.8 Å². The van der Waals surface area contributed by atoms with Gasteiger partial charge >= 0.3 is 7.12 Å². The van der Waals surface area contributed by atoms with E-state index in [1.807, 2.05) is 13.0 Å². The normalized spacial score (nSPS) is 10.8. The first-order valence-electron chi connectivity index (χ1n) is 4.23. The van der Waals surface area contributed by atoms with E-state index in [-0.39, 0.29) is 0 Å². The molecular formula is C9H10BNO2S. The van der Waals surface area contributed by atoms with E-state index in [9.17, 15) is 0 Å². The molecule has 72 valence electrons. The molecule has 2 rings (SSSR count). The van der Waals surface area contributed by atoms with Crippen molar-refractivity contribution in [2.24, 2.45) is 0 Å². The highest BCUT2D eigenvalue weighted by atomic mass is 32.1. The number of fused-ring (bicyclic) bond motifs is 1. The number of thiophene rings is 1. The number of nitrogens with two attached hydrogens (primary N) is 1. The number of aryl methyl sites for hydroxylation is 1. The van der Waals surface area contributed by atoms with E-state index in [4.69, 9.17) is 15.8 Å². The van der Waals surface area contributed by atoms with Crippen molar-refractivity contribution in [3.8, 4) is 0 Å². The summed E-state index contributed by atoms with van der Waals surface area (Å²) >= 11 is 1.45. The topological polar surface area (TPSA) is 66.5 Å². The molecule has 14 heavy (non-hydrogen) atoms. The van der Waals surface area contributed by atoms with E-state index in [1.165, 1.54) is 11.3 Å². The summed E-state index contributed by atoms with van der Waals surface area (Å²) in [5.74, 6) is 0. The Hall–Kier alpha value is -1.04. The molecule has 1 heterocycles. The molecule has 0 amide bonds. The minimum Gasteiger partial charge on any atom is -0.423 e. The second-order valence-corrected chi connectivity index (χ2v) is 4.39. The zero-order valence-corrected chi connectivity index (χ0v) is 8.51. The van der Waals surface area contributed by atoms with Crippen molar-refractivity contribution in [1.29, 1.82) is 0 Å². The molecule has 0 bridgehead atoms. The van der Waals surface area contributed by atoms with Crippen LogP contribution < -0.4 is 11.2 Å². The standard InChI is InChI=1S/C9H10BNO2S/c1-5-2-6(10(12)13)3-8-7(5)4-9(11)14-8/h2-4,12-13H,11H2,1H3. The third kappa shape index (κ3) is 1.50. The van der Waals surface area contributed by atoms with E-state index < -0.39 is 7.12 Å². The average Bonchev–Trinajstić information content (AvgIpc) is 2.45. The minimum absolute atomic E-state index is 0.511. The van der Waals surface area contributed by atoms with Crippen LogP contribution in [0.3, 0.4) is 0 Å². The molecule has 0 unspecified atom stereocenters. The summed E-state index contributed by atoms with van der Waals surface area (Å²) in [4.78, 5) is 0. The first-order chi connectivity index (χ1) is 6.58. The fourth-order valence-electron chi connectivity index (χ4n) is 1.51. The van der Waals surface area contributed by atoms with Crippen molar-refractivity contribution < 1.29 is 10.0 Å². The average molecular weight is 207 g/mol. The van der Waals surface area contributed by atoms with E-state index in [0.717, 1.165) is 20.7 Å². The molecule has 0 fully saturated rings. The molecule has 0 aliphatic heterocycles. The maximum absolute atomic E-state index is 9.04. The van der Waals surface area contributed by atoms with Crippen molar-refractivity contribution in [1.82, 2.24) is 0 Å². The molecule has 0 saturated heterocycles. The van der Waals surface area contributed by atoms with Crippen molar-refractivity contribution in [2.75, 3.05) is 5.73 Å². The van der Waals surface area contributed by atoms with Gasteiger partial charge in [0.2, 0.25) is 0 Å². The van der Waals surface area contributed by atoms with Crippen molar-refractivity contribution in [3.63, 3.8) is 0 Å². The highest BCUT2D eigenvalue weighted by Gasteiger charge is 2.13. The summed E-state index contributed by atoms with van der Waals surface area (Å²) < 4.78 is 0.991. The summed E-state index contributed by atoms with van der Waals surface area (Å²) in [7, 11) is -1.42. The summed E-state index contributed by atoms with van der Waals surface area (Å²) in [6, 6.07) is 5.43. The van der Waals surface area contributed by atoms with Crippen LogP contribution in [0.4, 0.5) is 5.00 Å². The lowest BCUT2D eigenvalue weighted by Gasteiger charge is -2.02. The molecule has 0 aliphatic rings. The second kappa shape index (κ2) is 3.27. The smallest absolute Gasteiger partial charge is 0.423 e. The van der Waals surface area contributed by atoms with Gasteiger partial charge in [0, 0.05) is 4.70 Å². The molecule has 0 saturated carbocycles. The van der Waals surface area contributed by atoms with Gasteiger partial charge in [-0.15, -0.1) is 11.3 Å². The van der Waals surface area contributed by atoms with Crippen LogP contribution >= 0.6 is 11.3 Å². The third-order valence-electron chi connectivity index (χ3n) is 2.18. The second-order valence-electron chi connectivity index (χ2n) is 3.27. The zero-order valence-electron chi connectivity index (χ0n) is 7.69. The lowest BCUT2D eigenvalue weighted by Crippen LogP contribution is -2.29. The monoisotopic (exact) mass is 207 g/mol. The SMILES string of the molecule is Cc1cc(B(O)O)cc2sc(N)cc12. The van der Waals surface area contributed by atoms with Gasteiger partial charge in [-0.05, 0) is 35.5 Å². The van der Waals surface area contributed by atoms with Gasteiger partial charge in [-0.3, -0.25) is 0 Å². The van der Waals surface area contributed by atoms with Crippen LogP contribution in [0, 0.1) is 6.92 Å². The zero-order chi connectivity index (χ0) is 10.3. The van der Waals surface area contributed by atoms with E-state index >= 15 is 0 Å². The summed E-state index contributed by atoms with van der Waals surface area (Å²) in [6.45, 7) is 1.93. The van der Waals surface area contributed by atoms with Crippen LogP contribution in [0.2, 0.25) is 0 Å². The molecule has 5 heteroatoms. The van der Waals surface area contributed by atoms with Crippen LogP contribution in [-0.4, -0.2) is 17.2 Å². The quantitative estimate of drug-likeness (QED) is 0.595. The highest BCUT2D eigenvalue weighted by Crippen LogP contribution is 2.28. The number of hydrogen-bond donors (Lipinski definition) is 3.